The topological polar surface area (TPSA) is 58.6 Å². The first kappa shape index (κ1) is 14.1. The van der Waals surface area contributed by atoms with Gasteiger partial charge in [0.1, 0.15) is 5.75 Å². The summed E-state index contributed by atoms with van der Waals surface area (Å²) in [7, 11) is 1.58. The molecule has 0 unspecified atom stereocenters. The fourth-order valence-electron chi connectivity index (χ4n) is 1.82. The van der Waals surface area contributed by atoms with Crippen LogP contribution in [0.5, 0.6) is 5.75 Å². The van der Waals surface area contributed by atoms with Gasteiger partial charge in [-0.1, -0.05) is 12.1 Å². The SMILES string of the molecule is COc1ccc(C(=O)Nc2cccc([C@@H](C)O)c2)cc1. The summed E-state index contributed by atoms with van der Waals surface area (Å²) in [4.78, 5) is 12.1. The molecule has 0 aliphatic carbocycles. The number of hydrogen-bond acceptors (Lipinski definition) is 3. The maximum absolute atomic E-state index is 12.1. The van der Waals surface area contributed by atoms with Crippen LogP contribution in [-0.4, -0.2) is 18.1 Å². The first-order valence-corrected chi connectivity index (χ1v) is 6.33. The minimum Gasteiger partial charge on any atom is -0.497 e. The van der Waals surface area contributed by atoms with Gasteiger partial charge in [-0.15, -0.1) is 0 Å². The van der Waals surface area contributed by atoms with Crippen LogP contribution in [-0.2, 0) is 0 Å². The highest BCUT2D eigenvalue weighted by Gasteiger charge is 2.07. The van der Waals surface area contributed by atoms with Gasteiger partial charge in [-0.3, -0.25) is 4.79 Å². The van der Waals surface area contributed by atoms with Crippen LogP contribution in [0, 0.1) is 0 Å². The minimum atomic E-state index is -0.562. The Kier molecular flexibility index (Phi) is 4.38. The largest absolute Gasteiger partial charge is 0.497 e. The van der Waals surface area contributed by atoms with E-state index in [9.17, 15) is 9.90 Å². The van der Waals surface area contributed by atoms with Crippen molar-refractivity contribution in [2.45, 2.75) is 13.0 Å². The van der Waals surface area contributed by atoms with E-state index in [0.717, 1.165) is 5.56 Å². The Morgan fingerprint density at radius 3 is 2.50 bits per heavy atom. The molecule has 0 radical (unpaired) electrons. The predicted molar refractivity (Wildman–Crippen MR) is 78.0 cm³/mol. The van der Waals surface area contributed by atoms with E-state index >= 15 is 0 Å². The number of aliphatic hydroxyl groups is 1. The van der Waals surface area contributed by atoms with Gasteiger partial charge in [0.15, 0.2) is 0 Å². The van der Waals surface area contributed by atoms with E-state index in [0.29, 0.717) is 17.0 Å². The third-order valence-electron chi connectivity index (χ3n) is 2.98. The predicted octanol–water partition coefficient (Wildman–Crippen LogP) is 3.00. The molecule has 1 amide bonds. The van der Waals surface area contributed by atoms with Crippen LogP contribution in [0.25, 0.3) is 0 Å². The zero-order chi connectivity index (χ0) is 14.5. The van der Waals surface area contributed by atoms with E-state index in [4.69, 9.17) is 4.74 Å². The second kappa shape index (κ2) is 6.21. The Morgan fingerprint density at radius 2 is 1.90 bits per heavy atom. The van der Waals surface area contributed by atoms with Gasteiger partial charge >= 0.3 is 0 Å². The van der Waals surface area contributed by atoms with Crippen LogP contribution >= 0.6 is 0 Å². The van der Waals surface area contributed by atoms with E-state index in [2.05, 4.69) is 5.32 Å². The number of carbonyl (C=O) groups excluding carboxylic acids is 1. The lowest BCUT2D eigenvalue weighted by Crippen LogP contribution is -2.12. The van der Waals surface area contributed by atoms with Crippen LogP contribution < -0.4 is 10.1 Å². The quantitative estimate of drug-likeness (QED) is 0.898. The van der Waals surface area contributed by atoms with Crippen LogP contribution in [0.2, 0.25) is 0 Å². The van der Waals surface area contributed by atoms with Crippen LogP contribution in [0.15, 0.2) is 48.5 Å². The molecule has 4 nitrogen and oxygen atoms in total. The van der Waals surface area contributed by atoms with Gasteiger partial charge in [0, 0.05) is 11.3 Å². The van der Waals surface area contributed by atoms with Crippen molar-refractivity contribution < 1.29 is 14.6 Å². The van der Waals surface area contributed by atoms with Crippen LogP contribution in [0.4, 0.5) is 5.69 Å². The molecule has 0 fully saturated rings. The number of anilines is 1. The van der Waals surface area contributed by atoms with Gasteiger partial charge < -0.3 is 15.2 Å². The Morgan fingerprint density at radius 1 is 1.20 bits per heavy atom. The summed E-state index contributed by atoms with van der Waals surface area (Å²) in [5.74, 6) is 0.507. The van der Waals surface area contributed by atoms with Gasteiger partial charge in [0.25, 0.3) is 5.91 Å². The number of carbonyl (C=O) groups is 1. The molecule has 0 saturated heterocycles. The minimum absolute atomic E-state index is 0.199. The Hall–Kier alpha value is -2.33. The first-order chi connectivity index (χ1) is 9.60. The average molecular weight is 271 g/mol. The van der Waals surface area contributed by atoms with Crippen molar-refractivity contribution in [2.75, 3.05) is 12.4 Å². The van der Waals surface area contributed by atoms with E-state index in [1.165, 1.54) is 0 Å². The number of ether oxygens (including phenoxy) is 1. The molecule has 0 heterocycles. The summed E-state index contributed by atoms with van der Waals surface area (Å²) in [6.45, 7) is 1.68. The number of hydrogen-bond donors (Lipinski definition) is 2. The van der Waals surface area contributed by atoms with Crippen molar-refractivity contribution in [1.29, 1.82) is 0 Å². The number of amides is 1. The highest BCUT2D eigenvalue weighted by atomic mass is 16.5. The Bertz CT molecular complexity index is 591. The molecule has 1 atom stereocenters. The smallest absolute Gasteiger partial charge is 0.255 e. The van der Waals surface area contributed by atoms with Gasteiger partial charge in [0.05, 0.1) is 13.2 Å². The van der Waals surface area contributed by atoms with Crippen LogP contribution in [0.1, 0.15) is 28.9 Å². The Balaban J connectivity index is 2.12. The second-order valence-corrected chi connectivity index (χ2v) is 4.48. The van der Waals surface area contributed by atoms with Gasteiger partial charge in [-0.05, 0) is 48.9 Å². The molecule has 2 N–H and O–H groups in total. The molecule has 2 aromatic rings. The summed E-state index contributed by atoms with van der Waals surface area (Å²) in [6.07, 6.45) is -0.562. The summed E-state index contributed by atoms with van der Waals surface area (Å²) < 4.78 is 5.05. The number of aliphatic hydroxyl groups excluding tert-OH is 1. The van der Waals surface area contributed by atoms with Crippen LogP contribution in [0.3, 0.4) is 0 Å². The number of methoxy groups -OCH3 is 1. The van der Waals surface area contributed by atoms with Gasteiger partial charge in [0.2, 0.25) is 0 Å². The average Bonchev–Trinajstić information content (AvgIpc) is 2.47. The van der Waals surface area contributed by atoms with Crippen molar-refractivity contribution in [1.82, 2.24) is 0 Å². The van der Waals surface area contributed by atoms with E-state index in [1.807, 2.05) is 6.07 Å². The molecule has 2 rings (SSSR count). The third-order valence-corrected chi connectivity index (χ3v) is 2.98. The molecule has 0 bridgehead atoms. The van der Waals surface area contributed by atoms with Gasteiger partial charge in [-0.2, -0.15) is 0 Å². The molecule has 0 spiro atoms. The zero-order valence-electron chi connectivity index (χ0n) is 11.5. The second-order valence-electron chi connectivity index (χ2n) is 4.48. The molecule has 2 aromatic carbocycles. The zero-order valence-corrected chi connectivity index (χ0v) is 11.5. The lowest BCUT2D eigenvalue weighted by molar-refractivity contribution is 0.102. The van der Waals surface area contributed by atoms with Crippen molar-refractivity contribution in [3.63, 3.8) is 0 Å². The summed E-state index contributed by atoms with van der Waals surface area (Å²) in [5.41, 5.74) is 1.97. The molecule has 0 aliphatic rings. The summed E-state index contributed by atoms with van der Waals surface area (Å²) in [6, 6.07) is 14.0. The molecule has 0 aliphatic heterocycles. The number of nitrogens with one attached hydrogen (secondary N) is 1. The molecular formula is C16H17NO3. The third kappa shape index (κ3) is 3.36. The molecule has 0 aromatic heterocycles. The molecule has 4 heteroatoms. The monoisotopic (exact) mass is 271 g/mol. The van der Waals surface area contributed by atoms with E-state index in [-0.39, 0.29) is 5.91 Å². The highest BCUT2D eigenvalue weighted by Crippen LogP contribution is 2.18. The highest BCUT2D eigenvalue weighted by molar-refractivity contribution is 6.04. The summed E-state index contributed by atoms with van der Waals surface area (Å²) in [5, 5.41) is 12.3. The fraction of sp³-hybridized carbons (Fsp3) is 0.188. The lowest BCUT2D eigenvalue weighted by atomic mass is 10.1. The molecule has 104 valence electrons. The van der Waals surface area contributed by atoms with Crippen molar-refractivity contribution in [3.05, 3.63) is 59.7 Å². The summed E-state index contributed by atoms with van der Waals surface area (Å²) >= 11 is 0. The standard InChI is InChI=1S/C16H17NO3/c1-11(18)13-4-3-5-14(10-13)17-16(19)12-6-8-15(20-2)9-7-12/h3-11,18H,1-2H3,(H,17,19)/t11-/m1/s1. The maximum Gasteiger partial charge on any atom is 0.255 e. The first-order valence-electron chi connectivity index (χ1n) is 6.33. The van der Waals surface area contributed by atoms with Crippen molar-refractivity contribution in [2.24, 2.45) is 0 Å². The normalized spacial score (nSPS) is 11.8. The van der Waals surface area contributed by atoms with E-state index < -0.39 is 6.10 Å². The fourth-order valence-corrected chi connectivity index (χ4v) is 1.82. The maximum atomic E-state index is 12.1. The number of benzene rings is 2. The Labute approximate surface area is 118 Å². The van der Waals surface area contributed by atoms with Crippen molar-refractivity contribution >= 4 is 11.6 Å². The lowest BCUT2D eigenvalue weighted by Gasteiger charge is -2.09. The number of rotatable bonds is 4. The van der Waals surface area contributed by atoms with Crippen molar-refractivity contribution in [3.8, 4) is 5.75 Å². The molecule has 20 heavy (non-hydrogen) atoms. The van der Waals surface area contributed by atoms with E-state index in [1.54, 1.807) is 56.5 Å². The van der Waals surface area contributed by atoms with Gasteiger partial charge in [-0.25, -0.2) is 0 Å². The molecule has 0 saturated carbocycles. The molecular weight excluding hydrogens is 254 g/mol.